The van der Waals surface area contributed by atoms with E-state index in [2.05, 4.69) is 14.7 Å². The molecule has 2 heterocycles. The minimum absolute atomic E-state index is 0.187. The zero-order valence-corrected chi connectivity index (χ0v) is 12.6. The van der Waals surface area contributed by atoms with Gasteiger partial charge in [-0.2, -0.15) is 0 Å². The molecule has 0 saturated heterocycles. The van der Waals surface area contributed by atoms with Crippen LogP contribution in [0.15, 0.2) is 36.8 Å². The molecule has 0 aliphatic carbocycles. The maximum Gasteiger partial charge on any atom is 0.573 e. The van der Waals surface area contributed by atoms with Crippen molar-refractivity contribution in [1.82, 2.24) is 9.97 Å². The van der Waals surface area contributed by atoms with Crippen molar-refractivity contribution in [3.05, 3.63) is 48.0 Å². The van der Waals surface area contributed by atoms with Gasteiger partial charge in [-0.15, -0.1) is 13.2 Å². The highest BCUT2D eigenvalue weighted by Crippen LogP contribution is 2.45. The summed E-state index contributed by atoms with van der Waals surface area (Å²) in [5.41, 5.74) is 0.918. The van der Waals surface area contributed by atoms with Crippen molar-refractivity contribution in [3.8, 4) is 11.5 Å². The van der Waals surface area contributed by atoms with E-state index in [0.29, 0.717) is 17.7 Å². The lowest BCUT2D eigenvalue weighted by Gasteiger charge is -2.37. The third-order valence-corrected chi connectivity index (χ3v) is 3.63. The second-order valence-electron chi connectivity index (χ2n) is 6.00. The summed E-state index contributed by atoms with van der Waals surface area (Å²) < 4.78 is 47.2. The molecule has 0 bridgehead atoms. The number of nitrogens with zero attached hydrogens (tertiary/aromatic N) is 2. The Morgan fingerprint density at radius 2 is 2.04 bits per heavy atom. The number of alkyl halides is 3. The van der Waals surface area contributed by atoms with E-state index in [4.69, 9.17) is 4.74 Å². The summed E-state index contributed by atoms with van der Waals surface area (Å²) in [6.45, 7) is 3.87. The molecule has 0 fully saturated rings. The summed E-state index contributed by atoms with van der Waals surface area (Å²) in [5.74, 6) is 0.0894. The minimum atomic E-state index is -4.73. The van der Waals surface area contributed by atoms with E-state index in [-0.39, 0.29) is 11.7 Å². The summed E-state index contributed by atoms with van der Waals surface area (Å²) in [4.78, 5) is 8.12. The van der Waals surface area contributed by atoms with Crippen LogP contribution in [-0.4, -0.2) is 21.9 Å². The minimum Gasteiger partial charge on any atom is -0.488 e. The van der Waals surface area contributed by atoms with Crippen molar-refractivity contribution in [2.75, 3.05) is 0 Å². The van der Waals surface area contributed by atoms with Gasteiger partial charge in [0, 0.05) is 17.7 Å². The number of aromatic nitrogens is 2. The number of rotatable bonds is 2. The SMILES string of the molecule is CC1(C)CC(c2ccncn2)c2cc(OC(F)(F)F)ccc2O1. The van der Waals surface area contributed by atoms with Gasteiger partial charge >= 0.3 is 6.36 Å². The summed E-state index contributed by atoms with van der Waals surface area (Å²) in [6.07, 6.45) is -1.10. The molecule has 1 aliphatic heterocycles. The molecule has 0 amide bonds. The molecule has 7 heteroatoms. The van der Waals surface area contributed by atoms with E-state index in [9.17, 15) is 13.2 Å². The number of fused-ring (bicyclic) bond motifs is 1. The lowest BCUT2D eigenvalue weighted by atomic mass is 9.82. The molecule has 1 aliphatic rings. The Balaban J connectivity index is 2.04. The predicted octanol–water partition coefficient (Wildman–Crippen LogP) is 4.07. The second kappa shape index (κ2) is 5.40. The van der Waals surface area contributed by atoms with Gasteiger partial charge in [-0.1, -0.05) is 0 Å². The first-order valence-electron chi connectivity index (χ1n) is 7.08. The van der Waals surface area contributed by atoms with Gasteiger partial charge in [0.15, 0.2) is 0 Å². The predicted molar refractivity (Wildman–Crippen MR) is 76.3 cm³/mol. The molecular weight excluding hydrogens is 309 g/mol. The van der Waals surface area contributed by atoms with Crippen LogP contribution in [0, 0.1) is 0 Å². The van der Waals surface area contributed by atoms with Crippen molar-refractivity contribution in [2.45, 2.75) is 38.1 Å². The molecule has 1 aromatic heterocycles. The van der Waals surface area contributed by atoms with Crippen LogP contribution in [0.3, 0.4) is 0 Å². The van der Waals surface area contributed by atoms with Crippen molar-refractivity contribution in [1.29, 1.82) is 0 Å². The number of ether oxygens (including phenoxy) is 2. The highest BCUT2D eigenvalue weighted by Gasteiger charge is 2.37. The van der Waals surface area contributed by atoms with E-state index in [1.54, 1.807) is 12.3 Å². The van der Waals surface area contributed by atoms with Gasteiger partial charge in [0.1, 0.15) is 23.4 Å². The highest BCUT2D eigenvalue weighted by molar-refractivity contribution is 5.47. The van der Waals surface area contributed by atoms with E-state index in [1.165, 1.54) is 24.5 Å². The monoisotopic (exact) mass is 324 g/mol. The van der Waals surface area contributed by atoms with Crippen molar-refractivity contribution < 1.29 is 22.6 Å². The van der Waals surface area contributed by atoms with E-state index < -0.39 is 12.0 Å². The highest BCUT2D eigenvalue weighted by atomic mass is 19.4. The van der Waals surface area contributed by atoms with Gasteiger partial charge in [0.2, 0.25) is 0 Å². The Hall–Kier alpha value is -2.31. The molecule has 1 unspecified atom stereocenters. The van der Waals surface area contributed by atoms with Crippen LogP contribution in [0.25, 0.3) is 0 Å². The van der Waals surface area contributed by atoms with E-state index in [1.807, 2.05) is 13.8 Å². The second-order valence-corrected chi connectivity index (χ2v) is 6.00. The largest absolute Gasteiger partial charge is 0.573 e. The molecule has 2 aromatic rings. The smallest absolute Gasteiger partial charge is 0.488 e. The Morgan fingerprint density at radius 3 is 2.70 bits per heavy atom. The van der Waals surface area contributed by atoms with Crippen LogP contribution in [0.5, 0.6) is 11.5 Å². The van der Waals surface area contributed by atoms with Crippen molar-refractivity contribution >= 4 is 0 Å². The molecule has 23 heavy (non-hydrogen) atoms. The number of hydrogen-bond acceptors (Lipinski definition) is 4. The van der Waals surface area contributed by atoms with Gasteiger partial charge < -0.3 is 9.47 Å². The maximum atomic E-state index is 12.4. The molecule has 1 aromatic carbocycles. The first-order chi connectivity index (χ1) is 10.7. The van der Waals surface area contributed by atoms with Crippen LogP contribution >= 0.6 is 0 Å². The van der Waals surface area contributed by atoms with Gasteiger partial charge in [-0.3, -0.25) is 0 Å². The van der Waals surface area contributed by atoms with E-state index in [0.717, 1.165) is 5.69 Å². The van der Waals surface area contributed by atoms with Gasteiger partial charge in [0.25, 0.3) is 0 Å². The summed E-state index contributed by atoms with van der Waals surface area (Å²) in [5, 5.41) is 0. The van der Waals surface area contributed by atoms with E-state index >= 15 is 0 Å². The normalized spacial score (nSPS) is 19.6. The molecule has 0 spiro atoms. The van der Waals surface area contributed by atoms with Crippen molar-refractivity contribution in [2.24, 2.45) is 0 Å². The Kier molecular flexibility index (Phi) is 3.66. The zero-order valence-electron chi connectivity index (χ0n) is 12.6. The summed E-state index contributed by atoms with van der Waals surface area (Å²) >= 11 is 0. The molecule has 0 N–H and O–H groups in total. The summed E-state index contributed by atoms with van der Waals surface area (Å²) in [7, 11) is 0. The fraction of sp³-hybridized carbons (Fsp3) is 0.375. The van der Waals surface area contributed by atoms with Crippen LogP contribution in [-0.2, 0) is 0 Å². The van der Waals surface area contributed by atoms with Crippen LogP contribution in [0.4, 0.5) is 13.2 Å². The topological polar surface area (TPSA) is 44.2 Å². The van der Waals surface area contributed by atoms with Gasteiger partial charge in [-0.25, -0.2) is 9.97 Å². The molecule has 122 valence electrons. The molecule has 3 rings (SSSR count). The number of benzene rings is 1. The first kappa shape index (κ1) is 15.6. The first-order valence-corrected chi connectivity index (χ1v) is 7.08. The molecule has 0 saturated carbocycles. The molecule has 4 nitrogen and oxygen atoms in total. The fourth-order valence-corrected chi connectivity index (χ4v) is 2.80. The average Bonchev–Trinajstić information content (AvgIpc) is 2.45. The number of halogens is 3. The fourth-order valence-electron chi connectivity index (χ4n) is 2.80. The van der Waals surface area contributed by atoms with Gasteiger partial charge in [0.05, 0.1) is 5.69 Å². The zero-order chi connectivity index (χ0) is 16.7. The standard InChI is InChI=1S/C16H15F3N2O2/c1-15(2)8-12(13-5-6-20-9-21-13)11-7-10(22-16(17,18)19)3-4-14(11)23-15/h3-7,9,12H,8H2,1-2H3. The Bertz CT molecular complexity index is 702. The molecule has 1 atom stereocenters. The van der Waals surface area contributed by atoms with Crippen LogP contribution in [0.1, 0.15) is 37.4 Å². The Morgan fingerprint density at radius 1 is 1.26 bits per heavy atom. The summed E-state index contributed by atoms with van der Waals surface area (Å²) in [6, 6.07) is 5.88. The lowest BCUT2D eigenvalue weighted by molar-refractivity contribution is -0.274. The molecule has 0 radical (unpaired) electrons. The van der Waals surface area contributed by atoms with Crippen molar-refractivity contribution in [3.63, 3.8) is 0 Å². The lowest BCUT2D eigenvalue weighted by Crippen LogP contribution is -2.35. The maximum absolute atomic E-state index is 12.4. The van der Waals surface area contributed by atoms with Crippen LogP contribution in [0.2, 0.25) is 0 Å². The third-order valence-electron chi connectivity index (χ3n) is 3.63. The molecular formula is C16H15F3N2O2. The van der Waals surface area contributed by atoms with Crippen LogP contribution < -0.4 is 9.47 Å². The number of hydrogen-bond donors (Lipinski definition) is 0. The average molecular weight is 324 g/mol. The third kappa shape index (κ3) is 3.55. The van der Waals surface area contributed by atoms with Gasteiger partial charge in [-0.05, 0) is 44.5 Å². The quantitative estimate of drug-likeness (QED) is 0.835. The Labute approximate surface area is 131 Å².